The predicted octanol–water partition coefficient (Wildman–Crippen LogP) is 1.19. The molecule has 0 aromatic heterocycles. The zero-order valence-corrected chi connectivity index (χ0v) is 14.2. The number of hydrogen-bond acceptors (Lipinski definition) is 5. The first kappa shape index (κ1) is 17.8. The van der Waals surface area contributed by atoms with Crippen LogP contribution >= 0.6 is 0 Å². The van der Waals surface area contributed by atoms with Gasteiger partial charge in [0.25, 0.3) is 15.9 Å². The molecule has 0 saturated carbocycles. The van der Waals surface area contributed by atoms with Crippen molar-refractivity contribution >= 4 is 21.6 Å². The van der Waals surface area contributed by atoms with Crippen LogP contribution < -0.4 is 20.3 Å². The lowest BCUT2D eigenvalue weighted by Crippen LogP contribution is -2.43. The Balaban J connectivity index is 2.60. The minimum atomic E-state index is -4.03. The van der Waals surface area contributed by atoms with E-state index in [4.69, 9.17) is 10.6 Å². The molecule has 0 bridgehead atoms. The number of nitrogens with zero attached hydrogens (tertiary/aromatic N) is 1. The molecule has 0 heterocycles. The normalized spacial score (nSPS) is 11.0. The third kappa shape index (κ3) is 3.66. The molecule has 2 aromatic carbocycles. The van der Waals surface area contributed by atoms with Crippen LogP contribution in [-0.4, -0.2) is 28.0 Å². The summed E-state index contributed by atoms with van der Waals surface area (Å²) < 4.78 is 32.4. The average molecular weight is 349 g/mol. The van der Waals surface area contributed by atoms with Crippen LogP contribution in [0.4, 0.5) is 5.69 Å². The van der Waals surface area contributed by atoms with Crippen molar-refractivity contribution in [3.63, 3.8) is 0 Å². The van der Waals surface area contributed by atoms with E-state index in [1.807, 2.05) is 5.43 Å². The molecule has 0 aliphatic carbocycles. The maximum absolute atomic E-state index is 13.1. The number of nitrogens with two attached hydrogens (primary N) is 1. The van der Waals surface area contributed by atoms with Gasteiger partial charge >= 0.3 is 0 Å². The Labute approximate surface area is 141 Å². The number of hydrazine groups is 1. The van der Waals surface area contributed by atoms with Crippen LogP contribution in [0.5, 0.6) is 5.75 Å². The summed E-state index contributed by atoms with van der Waals surface area (Å²) >= 11 is 0. The summed E-state index contributed by atoms with van der Waals surface area (Å²) in [6.07, 6.45) is 0. The number of carbonyl (C=O) groups excluding carboxylic acids is 1. The van der Waals surface area contributed by atoms with Crippen LogP contribution in [0.2, 0.25) is 0 Å². The van der Waals surface area contributed by atoms with E-state index in [1.54, 1.807) is 49.4 Å². The Hall–Kier alpha value is -2.58. The van der Waals surface area contributed by atoms with Crippen LogP contribution in [0.3, 0.4) is 0 Å². The van der Waals surface area contributed by atoms with Gasteiger partial charge in [-0.25, -0.2) is 14.3 Å². The summed E-state index contributed by atoms with van der Waals surface area (Å²) in [5, 5.41) is 0. The van der Waals surface area contributed by atoms with Gasteiger partial charge in [0.05, 0.1) is 12.8 Å². The van der Waals surface area contributed by atoms with Gasteiger partial charge < -0.3 is 4.74 Å². The first-order valence-corrected chi connectivity index (χ1v) is 8.56. The van der Waals surface area contributed by atoms with E-state index in [-0.39, 0.29) is 10.6 Å². The van der Waals surface area contributed by atoms with Gasteiger partial charge in [-0.3, -0.25) is 14.5 Å². The van der Waals surface area contributed by atoms with Crippen LogP contribution in [0.1, 0.15) is 5.56 Å². The van der Waals surface area contributed by atoms with E-state index in [0.717, 1.165) is 9.87 Å². The number of amides is 1. The lowest BCUT2D eigenvalue weighted by Gasteiger charge is -2.24. The minimum Gasteiger partial charge on any atom is -0.495 e. The van der Waals surface area contributed by atoms with E-state index < -0.39 is 22.5 Å². The maximum atomic E-state index is 13.1. The summed E-state index contributed by atoms with van der Waals surface area (Å²) in [5.41, 5.74) is 3.06. The topological polar surface area (TPSA) is 102 Å². The van der Waals surface area contributed by atoms with E-state index in [9.17, 15) is 13.2 Å². The SMILES string of the molecule is COc1ccc(C)cc1S(=O)(=O)N(CC(=O)NN)c1ccccc1. The fourth-order valence-electron chi connectivity index (χ4n) is 2.19. The molecule has 8 heteroatoms. The average Bonchev–Trinajstić information content (AvgIpc) is 2.59. The highest BCUT2D eigenvalue weighted by Crippen LogP contribution is 2.30. The number of methoxy groups -OCH3 is 1. The third-order valence-corrected chi connectivity index (χ3v) is 5.17. The number of para-hydroxylation sites is 1. The van der Waals surface area contributed by atoms with Crippen LogP contribution in [-0.2, 0) is 14.8 Å². The largest absolute Gasteiger partial charge is 0.495 e. The quantitative estimate of drug-likeness (QED) is 0.463. The molecule has 0 spiro atoms. The molecule has 0 saturated heterocycles. The van der Waals surface area contributed by atoms with E-state index in [2.05, 4.69) is 0 Å². The van der Waals surface area contributed by atoms with Crippen molar-refractivity contribution in [2.45, 2.75) is 11.8 Å². The first-order valence-electron chi connectivity index (χ1n) is 7.12. The zero-order chi connectivity index (χ0) is 17.7. The molecule has 0 aliphatic heterocycles. The Morgan fingerprint density at radius 2 is 1.88 bits per heavy atom. The minimum absolute atomic E-state index is 0.0151. The van der Waals surface area contributed by atoms with Gasteiger partial charge in [-0.15, -0.1) is 0 Å². The third-order valence-electron chi connectivity index (χ3n) is 3.38. The van der Waals surface area contributed by atoms with Gasteiger partial charge in [0.1, 0.15) is 17.2 Å². The van der Waals surface area contributed by atoms with Crippen LogP contribution in [0.15, 0.2) is 53.4 Å². The first-order chi connectivity index (χ1) is 11.4. The highest BCUT2D eigenvalue weighted by Gasteiger charge is 2.29. The molecule has 128 valence electrons. The molecule has 0 fully saturated rings. The Bertz CT molecular complexity index is 822. The Kier molecular flexibility index (Phi) is 5.42. The summed E-state index contributed by atoms with van der Waals surface area (Å²) in [6.45, 7) is 1.33. The van der Waals surface area contributed by atoms with Crippen molar-refractivity contribution in [1.82, 2.24) is 5.43 Å². The van der Waals surface area contributed by atoms with Gasteiger partial charge in [0, 0.05) is 0 Å². The number of ether oxygens (including phenoxy) is 1. The number of benzene rings is 2. The van der Waals surface area contributed by atoms with Crippen molar-refractivity contribution in [2.24, 2.45) is 5.84 Å². The molecule has 0 atom stereocenters. The number of sulfonamides is 1. The molecule has 7 nitrogen and oxygen atoms in total. The number of rotatable bonds is 6. The summed E-state index contributed by atoms with van der Waals surface area (Å²) in [5.74, 6) is 4.69. The van der Waals surface area contributed by atoms with Gasteiger partial charge in [0.15, 0.2) is 0 Å². The second kappa shape index (κ2) is 7.33. The number of anilines is 1. The molecule has 2 aromatic rings. The fraction of sp³-hybridized carbons (Fsp3) is 0.188. The highest BCUT2D eigenvalue weighted by molar-refractivity contribution is 7.93. The number of hydrogen-bond donors (Lipinski definition) is 2. The molecule has 24 heavy (non-hydrogen) atoms. The number of aryl methyl sites for hydroxylation is 1. The predicted molar refractivity (Wildman–Crippen MR) is 91.0 cm³/mol. The maximum Gasteiger partial charge on any atom is 0.268 e. The number of carbonyl (C=O) groups is 1. The monoisotopic (exact) mass is 349 g/mol. The summed E-state index contributed by atoms with van der Waals surface area (Å²) in [4.78, 5) is 11.7. The van der Waals surface area contributed by atoms with E-state index in [0.29, 0.717) is 5.69 Å². The lowest BCUT2D eigenvalue weighted by atomic mass is 10.2. The van der Waals surface area contributed by atoms with Crippen LogP contribution in [0.25, 0.3) is 0 Å². The zero-order valence-electron chi connectivity index (χ0n) is 13.4. The van der Waals surface area contributed by atoms with Gasteiger partial charge in [-0.05, 0) is 36.8 Å². The second-order valence-corrected chi connectivity index (χ2v) is 6.90. The van der Waals surface area contributed by atoms with Gasteiger partial charge in [-0.1, -0.05) is 24.3 Å². The smallest absolute Gasteiger partial charge is 0.268 e. The van der Waals surface area contributed by atoms with E-state index in [1.165, 1.54) is 13.2 Å². The van der Waals surface area contributed by atoms with Crippen molar-refractivity contribution < 1.29 is 17.9 Å². The molecule has 3 N–H and O–H groups in total. The molecule has 2 rings (SSSR count). The van der Waals surface area contributed by atoms with Crippen molar-refractivity contribution in [1.29, 1.82) is 0 Å². The fourth-order valence-corrected chi connectivity index (χ4v) is 3.85. The molecule has 0 aliphatic rings. The number of nitrogens with one attached hydrogen (secondary N) is 1. The van der Waals surface area contributed by atoms with Gasteiger partial charge in [0.2, 0.25) is 0 Å². The molecule has 1 amide bonds. The summed E-state index contributed by atoms with van der Waals surface area (Å²) in [7, 11) is -2.64. The molecular weight excluding hydrogens is 330 g/mol. The molecule has 0 radical (unpaired) electrons. The Morgan fingerprint density at radius 3 is 2.46 bits per heavy atom. The van der Waals surface area contributed by atoms with Crippen LogP contribution in [0, 0.1) is 6.92 Å². The molecular formula is C16H19N3O4S. The van der Waals surface area contributed by atoms with Crippen molar-refractivity contribution in [2.75, 3.05) is 18.0 Å². The van der Waals surface area contributed by atoms with Gasteiger partial charge in [-0.2, -0.15) is 0 Å². The molecule has 0 unspecified atom stereocenters. The lowest BCUT2D eigenvalue weighted by molar-refractivity contribution is -0.119. The second-order valence-electron chi connectivity index (χ2n) is 5.07. The standard InChI is InChI=1S/C16H19N3O4S/c1-12-8-9-14(23-2)15(10-12)24(21,22)19(11-16(20)18-17)13-6-4-3-5-7-13/h3-10H,11,17H2,1-2H3,(H,18,20). The summed E-state index contributed by atoms with van der Waals surface area (Å²) in [6, 6.07) is 13.2. The van der Waals surface area contributed by atoms with Crippen molar-refractivity contribution in [3.8, 4) is 5.75 Å². The van der Waals surface area contributed by atoms with E-state index >= 15 is 0 Å². The highest BCUT2D eigenvalue weighted by atomic mass is 32.2. The van der Waals surface area contributed by atoms with Crippen molar-refractivity contribution in [3.05, 3.63) is 54.1 Å². The Morgan fingerprint density at radius 1 is 1.21 bits per heavy atom.